The molecule has 3 aliphatic rings. The SMILES string of the molecule is CCCNC(=O)Nc1ccc2c(c1)c(C(=O)N[C@@H]1CN3CCC1CC3)nn2C(=O)NCCC. The number of urea groups is 1. The fourth-order valence-electron chi connectivity index (χ4n) is 4.60. The van der Waals surface area contributed by atoms with Gasteiger partial charge < -0.3 is 26.2 Å². The predicted octanol–water partition coefficient (Wildman–Crippen LogP) is 2.36. The quantitative estimate of drug-likeness (QED) is 0.511. The first-order chi connectivity index (χ1) is 16.0. The van der Waals surface area contributed by atoms with Crippen LogP contribution in [0.25, 0.3) is 10.9 Å². The molecule has 4 heterocycles. The minimum Gasteiger partial charge on any atom is -0.346 e. The number of anilines is 1. The molecule has 5 rings (SSSR count). The molecule has 4 amide bonds. The van der Waals surface area contributed by atoms with Crippen LogP contribution in [-0.2, 0) is 0 Å². The van der Waals surface area contributed by atoms with Crippen molar-refractivity contribution in [3.05, 3.63) is 23.9 Å². The molecule has 10 nitrogen and oxygen atoms in total. The number of nitrogens with zero attached hydrogens (tertiary/aromatic N) is 3. The minimum absolute atomic E-state index is 0.0789. The summed E-state index contributed by atoms with van der Waals surface area (Å²) >= 11 is 0. The number of hydrogen-bond acceptors (Lipinski definition) is 5. The molecule has 0 aliphatic carbocycles. The maximum Gasteiger partial charge on any atom is 0.342 e. The lowest BCUT2D eigenvalue weighted by Crippen LogP contribution is -2.57. The van der Waals surface area contributed by atoms with Gasteiger partial charge in [-0.3, -0.25) is 4.79 Å². The normalized spacial score (nSPS) is 21.6. The van der Waals surface area contributed by atoms with Crippen molar-refractivity contribution in [1.82, 2.24) is 30.6 Å². The molecule has 0 radical (unpaired) electrons. The Morgan fingerprint density at radius 2 is 1.79 bits per heavy atom. The highest BCUT2D eigenvalue weighted by atomic mass is 16.2. The summed E-state index contributed by atoms with van der Waals surface area (Å²) in [6.07, 6.45) is 3.79. The third-order valence-electron chi connectivity index (χ3n) is 6.38. The van der Waals surface area contributed by atoms with Gasteiger partial charge in [-0.15, -0.1) is 0 Å². The van der Waals surface area contributed by atoms with E-state index in [1.54, 1.807) is 18.2 Å². The second-order valence-electron chi connectivity index (χ2n) is 8.82. The van der Waals surface area contributed by atoms with E-state index in [4.69, 9.17) is 0 Å². The zero-order valence-corrected chi connectivity index (χ0v) is 19.3. The summed E-state index contributed by atoms with van der Waals surface area (Å²) in [5, 5.41) is 16.4. The highest BCUT2D eigenvalue weighted by Crippen LogP contribution is 2.28. The molecule has 3 saturated heterocycles. The van der Waals surface area contributed by atoms with E-state index in [2.05, 4.69) is 31.3 Å². The number of benzene rings is 1. The van der Waals surface area contributed by atoms with Crippen LogP contribution in [0.1, 0.15) is 50.0 Å². The number of rotatable bonds is 7. The van der Waals surface area contributed by atoms with Gasteiger partial charge >= 0.3 is 12.1 Å². The number of amides is 4. The molecule has 4 N–H and O–H groups in total. The fourth-order valence-corrected chi connectivity index (χ4v) is 4.60. The third kappa shape index (κ3) is 5.11. The van der Waals surface area contributed by atoms with Crippen molar-refractivity contribution in [2.75, 3.05) is 38.0 Å². The molecule has 178 valence electrons. The summed E-state index contributed by atoms with van der Waals surface area (Å²) < 4.78 is 1.23. The maximum atomic E-state index is 13.3. The lowest BCUT2D eigenvalue weighted by Gasteiger charge is -2.44. The summed E-state index contributed by atoms with van der Waals surface area (Å²) in [7, 11) is 0. The number of carbonyl (C=O) groups excluding carboxylic acids is 3. The third-order valence-corrected chi connectivity index (χ3v) is 6.38. The molecule has 1 aromatic heterocycles. The number of fused-ring (bicyclic) bond motifs is 4. The highest BCUT2D eigenvalue weighted by Gasteiger charge is 2.35. The van der Waals surface area contributed by atoms with Crippen molar-refractivity contribution >= 4 is 34.6 Å². The number of aromatic nitrogens is 2. The van der Waals surface area contributed by atoms with Crippen LogP contribution in [0.3, 0.4) is 0 Å². The Morgan fingerprint density at radius 1 is 1.06 bits per heavy atom. The van der Waals surface area contributed by atoms with Crippen LogP contribution < -0.4 is 21.3 Å². The molecule has 1 atom stereocenters. The van der Waals surface area contributed by atoms with Gasteiger partial charge in [-0.2, -0.15) is 9.78 Å². The van der Waals surface area contributed by atoms with E-state index in [0.29, 0.717) is 35.6 Å². The largest absolute Gasteiger partial charge is 0.346 e. The summed E-state index contributed by atoms with van der Waals surface area (Å²) in [5.41, 5.74) is 1.23. The van der Waals surface area contributed by atoms with Crippen molar-refractivity contribution in [2.24, 2.45) is 5.92 Å². The standard InChI is InChI=1S/C23H33N7O3/c1-3-9-24-22(32)26-16-5-6-19-17(13-16)20(28-30(19)23(33)25-10-4-2)21(31)27-18-14-29-11-7-15(18)8-12-29/h5-6,13,15,18H,3-4,7-12,14H2,1-2H3,(H,25,33)(H,27,31)(H2,24,26,32)/t18-/m1/s1. The first-order valence-corrected chi connectivity index (χ1v) is 11.9. The lowest BCUT2D eigenvalue weighted by atomic mass is 9.84. The molecule has 1 aromatic carbocycles. The van der Waals surface area contributed by atoms with Gasteiger partial charge in [-0.25, -0.2) is 9.59 Å². The van der Waals surface area contributed by atoms with Crippen molar-refractivity contribution < 1.29 is 14.4 Å². The topological polar surface area (TPSA) is 120 Å². The molecule has 3 fully saturated rings. The van der Waals surface area contributed by atoms with Gasteiger partial charge in [0.05, 0.1) is 5.52 Å². The van der Waals surface area contributed by atoms with E-state index in [1.165, 1.54) is 4.68 Å². The number of nitrogens with one attached hydrogen (secondary N) is 4. The van der Waals surface area contributed by atoms with Crippen molar-refractivity contribution in [1.29, 1.82) is 0 Å². The Balaban J connectivity index is 1.62. The molecule has 2 bridgehead atoms. The Hall–Kier alpha value is -3.14. The molecule has 0 spiro atoms. The monoisotopic (exact) mass is 455 g/mol. The lowest BCUT2D eigenvalue weighted by molar-refractivity contribution is 0.0618. The average molecular weight is 456 g/mol. The van der Waals surface area contributed by atoms with Crippen molar-refractivity contribution in [2.45, 2.75) is 45.6 Å². The smallest absolute Gasteiger partial charge is 0.342 e. The van der Waals surface area contributed by atoms with Gasteiger partial charge in [0.2, 0.25) is 0 Å². The number of carbonyl (C=O) groups is 3. The number of hydrogen-bond donors (Lipinski definition) is 4. The van der Waals surface area contributed by atoms with Crippen LogP contribution in [-0.4, -0.2) is 71.4 Å². The second kappa shape index (κ2) is 10.2. The molecule has 10 heteroatoms. The summed E-state index contributed by atoms with van der Waals surface area (Å²) in [6, 6.07) is 4.48. The van der Waals surface area contributed by atoms with Crippen LogP contribution in [0.15, 0.2) is 18.2 Å². The first-order valence-electron chi connectivity index (χ1n) is 11.9. The van der Waals surface area contributed by atoms with Crippen LogP contribution >= 0.6 is 0 Å². The first kappa shape index (κ1) is 23.0. The Labute approximate surface area is 193 Å². The molecular formula is C23H33N7O3. The molecule has 3 aliphatic heterocycles. The van der Waals surface area contributed by atoms with E-state index in [9.17, 15) is 14.4 Å². The van der Waals surface area contributed by atoms with Gasteiger partial charge in [0.15, 0.2) is 5.69 Å². The van der Waals surface area contributed by atoms with Gasteiger partial charge in [-0.05, 0) is 62.9 Å². The fraction of sp³-hybridized carbons (Fsp3) is 0.565. The molecule has 0 unspecified atom stereocenters. The van der Waals surface area contributed by atoms with Gasteiger partial charge in [0, 0.05) is 36.7 Å². The van der Waals surface area contributed by atoms with E-state index in [-0.39, 0.29) is 29.7 Å². The zero-order valence-electron chi connectivity index (χ0n) is 19.3. The van der Waals surface area contributed by atoms with Crippen LogP contribution in [0, 0.1) is 5.92 Å². The van der Waals surface area contributed by atoms with Crippen molar-refractivity contribution in [3.63, 3.8) is 0 Å². The van der Waals surface area contributed by atoms with Gasteiger partial charge in [-0.1, -0.05) is 13.8 Å². The summed E-state index contributed by atoms with van der Waals surface area (Å²) in [5.74, 6) is 0.174. The Morgan fingerprint density at radius 3 is 2.45 bits per heavy atom. The maximum absolute atomic E-state index is 13.3. The van der Waals surface area contributed by atoms with Crippen LogP contribution in [0.2, 0.25) is 0 Å². The Bertz CT molecular complexity index is 1030. The van der Waals surface area contributed by atoms with Crippen LogP contribution in [0.5, 0.6) is 0 Å². The highest BCUT2D eigenvalue weighted by molar-refractivity contribution is 6.08. The van der Waals surface area contributed by atoms with E-state index in [1.807, 2.05) is 13.8 Å². The average Bonchev–Trinajstić information content (AvgIpc) is 3.21. The van der Waals surface area contributed by atoms with Gasteiger partial charge in [0.1, 0.15) is 0 Å². The van der Waals surface area contributed by atoms with E-state index in [0.717, 1.165) is 45.3 Å². The Kier molecular flexibility index (Phi) is 7.12. The summed E-state index contributed by atoms with van der Waals surface area (Å²) in [4.78, 5) is 40.5. The second-order valence-corrected chi connectivity index (χ2v) is 8.82. The summed E-state index contributed by atoms with van der Waals surface area (Å²) in [6.45, 7) is 8.04. The minimum atomic E-state index is -0.384. The predicted molar refractivity (Wildman–Crippen MR) is 127 cm³/mol. The van der Waals surface area contributed by atoms with Crippen LogP contribution in [0.4, 0.5) is 15.3 Å². The van der Waals surface area contributed by atoms with E-state index >= 15 is 0 Å². The molecule has 2 aromatic rings. The molecule has 33 heavy (non-hydrogen) atoms. The molecular weight excluding hydrogens is 422 g/mol. The molecule has 0 saturated carbocycles. The van der Waals surface area contributed by atoms with Crippen molar-refractivity contribution in [3.8, 4) is 0 Å². The van der Waals surface area contributed by atoms with E-state index < -0.39 is 0 Å². The zero-order chi connectivity index (χ0) is 23.4. The number of piperidine rings is 3. The van der Waals surface area contributed by atoms with Gasteiger partial charge in [0.25, 0.3) is 5.91 Å².